The second-order valence-corrected chi connectivity index (χ2v) is 6.28. The van der Waals surface area contributed by atoms with Crippen molar-refractivity contribution in [3.63, 3.8) is 0 Å². The van der Waals surface area contributed by atoms with E-state index in [0.717, 1.165) is 22.8 Å². The van der Waals surface area contributed by atoms with E-state index in [1.165, 1.54) is 0 Å². The van der Waals surface area contributed by atoms with E-state index in [2.05, 4.69) is 14.9 Å². The predicted molar refractivity (Wildman–Crippen MR) is 110 cm³/mol. The summed E-state index contributed by atoms with van der Waals surface area (Å²) >= 11 is 0. The van der Waals surface area contributed by atoms with Crippen LogP contribution < -0.4 is 20.1 Å². The molecule has 3 aromatic rings. The van der Waals surface area contributed by atoms with Crippen LogP contribution in [0, 0.1) is 0 Å². The van der Waals surface area contributed by atoms with E-state index in [9.17, 15) is 0 Å². The van der Waals surface area contributed by atoms with Crippen LogP contribution in [-0.2, 0) is 4.74 Å². The number of nitrogens with zero attached hydrogens (tertiary/aromatic N) is 2. The largest absolute Gasteiger partial charge is 0.491 e. The molecular weight excluding hydrogens is 356 g/mol. The molecule has 1 aliphatic rings. The quantitative estimate of drug-likeness (QED) is 0.506. The van der Waals surface area contributed by atoms with Gasteiger partial charge in [-0.2, -0.15) is 0 Å². The standard InChI is InChI=1S/C21H22N4O3/c1-26-11-12-27-17-7-5-16(6-8-17)25-14-24-21(19-9-10-23-20(19)25)28-18-4-2-3-15(22)13-18/h2-10,13,23H,11-12,14,22H2,1H3. The number of benzene rings is 2. The highest BCUT2D eigenvalue weighted by molar-refractivity contribution is 6.02. The molecule has 2 heterocycles. The highest BCUT2D eigenvalue weighted by atomic mass is 16.5. The van der Waals surface area contributed by atoms with Crippen LogP contribution in [0.2, 0.25) is 0 Å². The van der Waals surface area contributed by atoms with Crippen LogP contribution >= 0.6 is 0 Å². The van der Waals surface area contributed by atoms with Gasteiger partial charge in [-0.05, 0) is 42.5 Å². The third-order valence-electron chi connectivity index (χ3n) is 4.36. The molecule has 0 aliphatic carbocycles. The number of anilines is 3. The number of ether oxygens (including phenoxy) is 3. The Morgan fingerprint density at radius 3 is 2.71 bits per heavy atom. The van der Waals surface area contributed by atoms with Crippen molar-refractivity contribution >= 4 is 23.1 Å². The lowest BCUT2D eigenvalue weighted by molar-refractivity contribution is 0.146. The first kappa shape index (κ1) is 17.9. The van der Waals surface area contributed by atoms with E-state index in [1.54, 1.807) is 13.2 Å². The van der Waals surface area contributed by atoms with Crippen molar-refractivity contribution in [2.45, 2.75) is 0 Å². The molecule has 4 rings (SSSR count). The molecule has 28 heavy (non-hydrogen) atoms. The minimum Gasteiger partial charge on any atom is -0.491 e. The molecule has 7 nitrogen and oxygen atoms in total. The summed E-state index contributed by atoms with van der Waals surface area (Å²) in [6.07, 6.45) is 1.88. The van der Waals surface area contributed by atoms with Gasteiger partial charge in [-0.25, -0.2) is 4.99 Å². The number of methoxy groups -OCH3 is 1. The van der Waals surface area contributed by atoms with Gasteiger partial charge >= 0.3 is 0 Å². The van der Waals surface area contributed by atoms with Gasteiger partial charge in [0, 0.05) is 30.7 Å². The third-order valence-corrected chi connectivity index (χ3v) is 4.36. The molecule has 144 valence electrons. The molecule has 0 fully saturated rings. The van der Waals surface area contributed by atoms with Crippen LogP contribution in [0.15, 0.2) is 65.8 Å². The normalized spacial score (nSPS) is 13.0. The molecule has 0 saturated heterocycles. The minimum absolute atomic E-state index is 0.440. The Morgan fingerprint density at radius 1 is 1.07 bits per heavy atom. The summed E-state index contributed by atoms with van der Waals surface area (Å²) < 4.78 is 16.6. The number of aromatic amines is 1. The molecule has 7 heteroatoms. The van der Waals surface area contributed by atoms with E-state index in [4.69, 9.17) is 19.9 Å². The lowest BCUT2D eigenvalue weighted by Crippen LogP contribution is -2.27. The molecule has 0 unspecified atom stereocenters. The Bertz CT molecular complexity index is 966. The van der Waals surface area contributed by atoms with Crippen LogP contribution in [0.1, 0.15) is 5.56 Å². The monoisotopic (exact) mass is 378 g/mol. The zero-order valence-electron chi connectivity index (χ0n) is 15.6. The predicted octanol–water partition coefficient (Wildman–Crippen LogP) is 3.56. The molecule has 0 radical (unpaired) electrons. The van der Waals surface area contributed by atoms with Gasteiger partial charge in [0.25, 0.3) is 0 Å². The number of rotatable bonds is 6. The molecule has 0 atom stereocenters. The zero-order chi connectivity index (χ0) is 19.3. The number of hydrogen-bond acceptors (Lipinski definition) is 6. The fourth-order valence-corrected chi connectivity index (χ4v) is 3.00. The van der Waals surface area contributed by atoms with Crippen molar-refractivity contribution in [3.05, 3.63) is 66.4 Å². The number of nitrogens with two attached hydrogens (primary N) is 1. The van der Waals surface area contributed by atoms with Crippen molar-refractivity contribution in [2.24, 2.45) is 4.99 Å². The average molecular weight is 378 g/mol. The number of aromatic nitrogens is 1. The first-order chi connectivity index (χ1) is 13.7. The number of nitrogen functional groups attached to an aromatic ring is 1. The number of hydrogen-bond donors (Lipinski definition) is 2. The molecule has 0 saturated carbocycles. The summed E-state index contributed by atoms with van der Waals surface area (Å²) in [7, 11) is 1.65. The molecule has 3 N–H and O–H groups in total. The zero-order valence-corrected chi connectivity index (χ0v) is 15.6. The first-order valence-electron chi connectivity index (χ1n) is 8.99. The van der Waals surface area contributed by atoms with Crippen molar-refractivity contribution in [1.29, 1.82) is 0 Å². The van der Waals surface area contributed by atoms with Gasteiger partial charge in [0.1, 0.15) is 30.6 Å². The maximum atomic E-state index is 5.97. The van der Waals surface area contributed by atoms with Gasteiger partial charge in [-0.3, -0.25) is 0 Å². The fourth-order valence-electron chi connectivity index (χ4n) is 3.00. The summed E-state index contributed by atoms with van der Waals surface area (Å²) in [6.45, 7) is 1.52. The van der Waals surface area contributed by atoms with Gasteiger partial charge in [-0.15, -0.1) is 0 Å². The molecule has 0 bridgehead atoms. The van der Waals surface area contributed by atoms with Gasteiger partial charge < -0.3 is 29.8 Å². The summed E-state index contributed by atoms with van der Waals surface area (Å²) in [5, 5.41) is 0. The van der Waals surface area contributed by atoms with Crippen molar-refractivity contribution in [3.8, 4) is 11.5 Å². The van der Waals surface area contributed by atoms with Crippen LogP contribution in [0.4, 0.5) is 17.2 Å². The summed E-state index contributed by atoms with van der Waals surface area (Å²) in [4.78, 5) is 9.99. The van der Waals surface area contributed by atoms with Crippen LogP contribution in [0.25, 0.3) is 0 Å². The fraction of sp³-hybridized carbons (Fsp3) is 0.190. The summed E-state index contributed by atoms with van der Waals surface area (Å²) in [5.41, 5.74) is 8.39. The SMILES string of the molecule is COCCOc1ccc(N2CN=C(Oc3cccc(N)c3)c3cc[nH]c32)cc1. The number of fused-ring (bicyclic) bond motifs is 1. The van der Waals surface area contributed by atoms with E-state index in [0.29, 0.717) is 37.2 Å². The smallest absolute Gasteiger partial charge is 0.227 e. The maximum Gasteiger partial charge on any atom is 0.227 e. The third kappa shape index (κ3) is 3.79. The Kier molecular flexibility index (Phi) is 5.16. The van der Waals surface area contributed by atoms with Gasteiger partial charge in [0.05, 0.1) is 12.2 Å². The second kappa shape index (κ2) is 8.06. The molecule has 0 spiro atoms. The van der Waals surface area contributed by atoms with E-state index >= 15 is 0 Å². The number of nitrogens with one attached hydrogen (secondary N) is 1. The molecular formula is C21H22N4O3. The van der Waals surface area contributed by atoms with E-state index in [1.807, 2.05) is 54.7 Å². The van der Waals surface area contributed by atoms with E-state index < -0.39 is 0 Å². The number of aliphatic imine (C=N–C) groups is 1. The van der Waals surface area contributed by atoms with Crippen molar-refractivity contribution in [2.75, 3.05) is 37.6 Å². The molecule has 1 aromatic heterocycles. The second-order valence-electron chi connectivity index (χ2n) is 6.28. The Morgan fingerprint density at radius 2 is 1.93 bits per heavy atom. The maximum absolute atomic E-state index is 5.97. The van der Waals surface area contributed by atoms with Crippen LogP contribution in [0.5, 0.6) is 11.5 Å². The van der Waals surface area contributed by atoms with Crippen molar-refractivity contribution < 1.29 is 14.2 Å². The minimum atomic E-state index is 0.440. The average Bonchev–Trinajstić information content (AvgIpc) is 3.20. The van der Waals surface area contributed by atoms with Gasteiger partial charge in [0.2, 0.25) is 5.90 Å². The highest BCUT2D eigenvalue weighted by Gasteiger charge is 2.24. The summed E-state index contributed by atoms with van der Waals surface area (Å²) in [5.74, 6) is 2.97. The topological polar surface area (TPSA) is 85.1 Å². The Hall–Kier alpha value is -3.45. The van der Waals surface area contributed by atoms with Crippen molar-refractivity contribution in [1.82, 2.24) is 4.98 Å². The highest BCUT2D eigenvalue weighted by Crippen LogP contribution is 2.32. The molecule has 2 aromatic carbocycles. The summed E-state index contributed by atoms with van der Waals surface area (Å²) in [6, 6.07) is 17.2. The lowest BCUT2D eigenvalue weighted by atomic mass is 10.2. The Balaban J connectivity index is 1.52. The molecule has 1 aliphatic heterocycles. The van der Waals surface area contributed by atoms with E-state index in [-0.39, 0.29) is 0 Å². The van der Waals surface area contributed by atoms with Gasteiger partial charge in [-0.1, -0.05) is 6.07 Å². The lowest BCUT2D eigenvalue weighted by Gasteiger charge is -2.27. The number of H-pyrrole nitrogens is 1. The van der Waals surface area contributed by atoms with Crippen LogP contribution in [0.3, 0.4) is 0 Å². The molecule has 0 amide bonds. The van der Waals surface area contributed by atoms with Crippen LogP contribution in [-0.4, -0.2) is 37.9 Å². The Labute approximate surface area is 163 Å². The van der Waals surface area contributed by atoms with Gasteiger partial charge in [0.15, 0.2) is 0 Å². The first-order valence-corrected chi connectivity index (χ1v) is 8.99.